The topological polar surface area (TPSA) is 48.4 Å². The molecule has 1 aromatic heterocycles. The SMILES string of the molecule is COC(=O)c1c(C)cc(I)nc1OC(F)(F)F. The number of carbonyl (C=O) groups is 1. The van der Waals surface area contributed by atoms with E-state index in [1.807, 2.05) is 0 Å². The summed E-state index contributed by atoms with van der Waals surface area (Å²) in [7, 11) is 1.07. The molecule has 17 heavy (non-hydrogen) atoms. The second kappa shape index (κ2) is 5.07. The Morgan fingerprint density at radius 1 is 1.47 bits per heavy atom. The molecule has 0 bridgehead atoms. The molecule has 1 heterocycles. The highest BCUT2D eigenvalue weighted by Gasteiger charge is 2.34. The van der Waals surface area contributed by atoms with Crippen LogP contribution in [0, 0.1) is 10.6 Å². The van der Waals surface area contributed by atoms with E-state index >= 15 is 0 Å². The molecule has 0 amide bonds. The van der Waals surface area contributed by atoms with Crippen LogP contribution in [-0.4, -0.2) is 24.4 Å². The van der Waals surface area contributed by atoms with Crippen LogP contribution >= 0.6 is 22.6 Å². The summed E-state index contributed by atoms with van der Waals surface area (Å²) in [5, 5.41) is 0. The maximum atomic E-state index is 12.1. The number of esters is 1. The van der Waals surface area contributed by atoms with Crippen molar-refractivity contribution in [3.05, 3.63) is 20.9 Å². The number of nitrogens with zero attached hydrogens (tertiary/aromatic N) is 1. The number of aromatic nitrogens is 1. The lowest BCUT2D eigenvalue weighted by Gasteiger charge is -2.13. The summed E-state index contributed by atoms with van der Waals surface area (Å²) in [6.45, 7) is 1.47. The molecule has 0 saturated carbocycles. The van der Waals surface area contributed by atoms with E-state index < -0.39 is 18.2 Å². The zero-order valence-corrected chi connectivity index (χ0v) is 10.9. The van der Waals surface area contributed by atoms with Crippen LogP contribution in [0.5, 0.6) is 5.88 Å². The first kappa shape index (κ1) is 14.0. The second-order valence-electron chi connectivity index (χ2n) is 2.98. The first-order valence-corrected chi connectivity index (χ1v) is 5.33. The molecule has 94 valence electrons. The highest BCUT2D eigenvalue weighted by Crippen LogP contribution is 2.28. The summed E-state index contributed by atoms with van der Waals surface area (Å²) in [4.78, 5) is 14.9. The van der Waals surface area contributed by atoms with Crippen molar-refractivity contribution in [1.29, 1.82) is 0 Å². The summed E-state index contributed by atoms with van der Waals surface area (Å²) in [6, 6.07) is 1.45. The number of pyridine rings is 1. The van der Waals surface area contributed by atoms with Gasteiger partial charge in [0, 0.05) is 0 Å². The van der Waals surface area contributed by atoms with Gasteiger partial charge in [-0.3, -0.25) is 0 Å². The molecular formula is C9H7F3INO3. The van der Waals surface area contributed by atoms with Crippen molar-refractivity contribution >= 4 is 28.6 Å². The minimum atomic E-state index is -4.91. The monoisotopic (exact) mass is 361 g/mol. The molecule has 0 aliphatic heterocycles. The fourth-order valence-electron chi connectivity index (χ4n) is 1.14. The van der Waals surface area contributed by atoms with Crippen molar-refractivity contribution in [1.82, 2.24) is 4.98 Å². The molecule has 0 saturated heterocycles. The highest BCUT2D eigenvalue weighted by molar-refractivity contribution is 14.1. The van der Waals surface area contributed by atoms with Crippen molar-refractivity contribution in [3.8, 4) is 5.88 Å². The van der Waals surface area contributed by atoms with Crippen LogP contribution in [0.15, 0.2) is 6.07 Å². The van der Waals surface area contributed by atoms with Gasteiger partial charge < -0.3 is 9.47 Å². The maximum absolute atomic E-state index is 12.1. The third-order valence-corrected chi connectivity index (χ3v) is 2.31. The predicted molar refractivity (Wildman–Crippen MR) is 59.7 cm³/mol. The molecule has 1 aromatic rings. The lowest BCUT2D eigenvalue weighted by molar-refractivity contribution is -0.276. The largest absolute Gasteiger partial charge is 0.574 e. The van der Waals surface area contributed by atoms with Gasteiger partial charge in [0.25, 0.3) is 0 Å². The minimum absolute atomic E-state index is 0.284. The van der Waals surface area contributed by atoms with Crippen molar-refractivity contribution in [2.24, 2.45) is 0 Å². The minimum Gasteiger partial charge on any atom is -0.465 e. The van der Waals surface area contributed by atoms with E-state index in [-0.39, 0.29) is 9.26 Å². The van der Waals surface area contributed by atoms with Gasteiger partial charge in [-0.25, -0.2) is 9.78 Å². The van der Waals surface area contributed by atoms with E-state index in [2.05, 4.69) is 14.5 Å². The Hall–Kier alpha value is -1.06. The van der Waals surface area contributed by atoms with Crippen LogP contribution in [0.1, 0.15) is 15.9 Å². The molecule has 8 heteroatoms. The number of rotatable bonds is 2. The first-order chi connectivity index (χ1) is 7.74. The standard InChI is InChI=1S/C9H7F3INO3/c1-4-3-5(13)14-7(17-9(10,11)12)6(4)8(15)16-2/h3H,1-2H3. The molecule has 0 spiro atoms. The van der Waals surface area contributed by atoms with Crippen LogP contribution in [-0.2, 0) is 4.74 Å². The first-order valence-electron chi connectivity index (χ1n) is 4.26. The van der Waals surface area contributed by atoms with Gasteiger partial charge in [-0.15, -0.1) is 13.2 Å². The van der Waals surface area contributed by atoms with Crippen LogP contribution in [0.2, 0.25) is 0 Å². The predicted octanol–water partition coefficient (Wildman–Crippen LogP) is 2.68. The Balaban J connectivity index is 3.30. The summed E-state index contributed by atoms with van der Waals surface area (Å²) < 4.78 is 44.8. The van der Waals surface area contributed by atoms with E-state index in [0.717, 1.165) is 7.11 Å². The third kappa shape index (κ3) is 3.72. The van der Waals surface area contributed by atoms with Crippen molar-refractivity contribution in [2.75, 3.05) is 7.11 Å². The molecule has 0 aliphatic rings. The molecule has 0 unspecified atom stereocenters. The maximum Gasteiger partial charge on any atom is 0.574 e. The normalized spacial score (nSPS) is 11.2. The van der Waals surface area contributed by atoms with Crippen molar-refractivity contribution in [3.63, 3.8) is 0 Å². The summed E-state index contributed by atoms with van der Waals surface area (Å²) in [5.74, 6) is -1.72. The van der Waals surface area contributed by atoms with Gasteiger partial charge in [-0.2, -0.15) is 0 Å². The van der Waals surface area contributed by atoms with Gasteiger partial charge in [-0.05, 0) is 41.1 Å². The lowest BCUT2D eigenvalue weighted by Crippen LogP contribution is -2.21. The van der Waals surface area contributed by atoms with E-state index in [4.69, 9.17) is 0 Å². The third-order valence-electron chi connectivity index (χ3n) is 1.75. The number of methoxy groups -OCH3 is 1. The fraction of sp³-hybridized carbons (Fsp3) is 0.333. The molecule has 1 rings (SSSR count). The van der Waals surface area contributed by atoms with Crippen LogP contribution in [0.3, 0.4) is 0 Å². The van der Waals surface area contributed by atoms with E-state index in [9.17, 15) is 18.0 Å². The Bertz CT molecular complexity index is 448. The Labute approximate surface area is 108 Å². The number of alkyl halides is 3. The number of carbonyl (C=O) groups excluding carboxylic acids is 1. The van der Waals surface area contributed by atoms with E-state index in [1.54, 1.807) is 22.6 Å². The molecule has 4 nitrogen and oxygen atoms in total. The summed E-state index contributed by atoms with van der Waals surface area (Å²) in [6.07, 6.45) is -4.91. The van der Waals surface area contributed by atoms with Gasteiger partial charge >= 0.3 is 12.3 Å². The van der Waals surface area contributed by atoms with Crippen molar-refractivity contribution < 1.29 is 27.4 Å². The van der Waals surface area contributed by atoms with Gasteiger partial charge in [0.15, 0.2) is 0 Å². The molecule has 0 aromatic carbocycles. The Kier molecular flexibility index (Phi) is 4.17. The smallest absolute Gasteiger partial charge is 0.465 e. The molecule has 0 fully saturated rings. The molecule has 0 atom stereocenters. The van der Waals surface area contributed by atoms with Gasteiger partial charge in [0.05, 0.1) is 7.11 Å². The zero-order chi connectivity index (χ0) is 13.2. The number of ether oxygens (including phenoxy) is 2. The Morgan fingerprint density at radius 2 is 2.06 bits per heavy atom. The molecular weight excluding hydrogens is 354 g/mol. The quantitative estimate of drug-likeness (QED) is 0.462. The van der Waals surface area contributed by atoms with Crippen LogP contribution < -0.4 is 4.74 Å². The second-order valence-corrected chi connectivity index (χ2v) is 4.09. The van der Waals surface area contributed by atoms with Crippen LogP contribution in [0.4, 0.5) is 13.2 Å². The molecule has 0 aliphatic carbocycles. The lowest BCUT2D eigenvalue weighted by atomic mass is 10.1. The highest BCUT2D eigenvalue weighted by atomic mass is 127. The van der Waals surface area contributed by atoms with Crippen molar-refractivity contribution in [2.45, 2.75) is 13.3 Å². The Morgan fingerprint density at radius 3 is 2.53 bits per heavy atom. The average Bonchev–Trinajstić information content (AvgIpc) is 2.13. The van der Waals surface area contributed by atoms with Gasteiger partial charge in [0.1, 0.15) is 9.26 Å². The summed E-state index contributed by atoms with van der Waals surface area (Å²) >= 11 is 1.72. The molecule has 0 radical (unpaired) electrons. The van der Waals surface area contributed by atoms with E-state index in [1.165, 1.54) is 13.0 Å². The fourth-order valence-corrected chi connectivity index (χ4v) is 1.82. The summed E-state index contributed by atoms with van der Waals surface area (Å²) in [5.41, 5.74) is -0.0271. The van der Waals surface area contributed by atoms with Gasteiger partial charge in [0.2, 0.25) is 5.88 Å². The molecule has 0 N–H and O–H groups in total. The number of halogens is 4. The van der Waals surface area contributed by atoms with Gasteiger partial charge in [-0.1, -0.05) is 0 Å². The number of hydrogen-bond donors (Lipinski definition) is 0. The van der Waals surface area contributed by atoms with Crippen LogP contribution in [0.25, 0.3) is 0 Å². The zero-order valence-electron chi connectivity index (χ0n) is 8.76. The number of hydrogen-bond acceptors (Lipinski definition) is 4. The van der Waals surface area contributed by atoms with E-state index in [0.29, 0.717) is 5.56 Å². The number of aryl methyl sites for hydroxylation is 1. The average molecular weight is 361 g/mol.